The zero-order valence-corrected chi connectivity index (χ0v) is 25.3. The summed E-state index contributed by atoms with van der Waals surface area (Å²) >= 11 is 7.42. The van der Waals surface area contributed by atoms with Crippen molar-refractivity contribution < 1.29 is 19.1 Å². The third kappa shape index (κ3) is 5.54. The molecule has 0 radical (unpaired) electrons. The van der Waals surface area contributed by atoms with E-state index in [0.717, 1.165) is 16.9 Å². The fraction of sp³-hybridized carbons (Fsp3) is 0.200. The molecule has 2 aliphatic rings. The second kappa shape index (κ2) is 11.9. The molecule has 44 heavy (non-hydrogen) atoms. The molecule has 3 aromatic heterocycles. The lowest BCUT2D eigenvalue weighted by molar-refractivity contribution is -0.128. The zero-order valence-electron chi connectivity index (χ0n) is 23.8. The molecule has 1 unspecified atom stereocenters. The van der Waals surface area contributed by atoms with Gasteiger partial charge in [-0.05, 0) is 42.8 Å². The summed E-state index contributed by atoms with van der Waals surface area (Å²) in [6.07, 6.45) is 4.42. The first-order chi connectivity index (χ1) is 21.2. The quantitative estimate of drug-likeness (QED) is 0.247. The first-order valence-corrected chi connectivity index (χ1v) is 14.8. The Morgan fingerprint density at radius 2 is 2.05 bits per heavy atom. The molecule has 1 atom stereocenters. The topological polar surface area (TPSA) is 142 Å². The minimum atomic E-state index is -0.535. The number of hydrogen-bond acceptors (Lipinski definition) is 10. The third-order valence-electron chi connectivity index (χ3n) is 7.36. The molecule has 0 bridgehead atoms. The Morgan fingerprint density at radius 3 is 2.82 bits per heavy atom. The van der Waals surface area contributed by atoms with E-state index in [4.69, 9.17) is 21.3 Å². The van der Waals surface area contributed by atoms with Gasteiger partial charge in [-0.3, -0.25) is 14.4 Å². The summed E-state index contributed by atoms with van der Waals surface area (Å²) in [7, 11) is 1.53. The van der Waals surface area contributed by atoms with Crippen molar-refractivity contribution in [3.63, 3.8) is 0 Å². The van der Waals surface area contributed by atoms with E-state index in [1.54, 1.807) is 29.3 Å². The lowest BCUT2D eigenvalue weighted by Crippen LogP contribution is -2.61. The van der Waals surface area contributed by atoms with Crippen LogP contribution < -0.4 is 25.6 Å². The molecule has 3 amide bonds. The van der Waals surface area contributed by atoms with Gasteiger partial charge in [-0.25, -0.2) is 15.0 Å². The van der Waals surface area contributed by atoms with Crippen molar-refractivity contribution in [2.75, 3.05) is 47.6 Å². The molecule has 5 heterocycles. The number of piperazine rings is 1. The number of carbonyl (C=O) groups excluding carboxylic acids is 3. The molecule has 1 aromatic carbocycles. The number of methoxy groups -OCH3 is 1. The molecular formula is C30H27ClN8O4S. The molecule has 0 spiro atoms. The van der Waals surface area contributed by atoms with E-state index in [2.05, 4.69) is 32.5 Å². The Bertz CT molecular complexity index is 1790. The highest BCUT2D eigenvalue weighted by Gasteiger charge is 2.39. The number of anilines is 5. The minimum Gasteiger partial charge on any atom is -0.493 e. The standard InChI is InChI=1S/C30H27ClN8O4S/c1-4-24(40)38-10-11-39-21(15-38)28(41)35-20-12-17(13-32-27(20)39)19-8-9-22(43-3)26(34-19)37-30-33-14-23(44-30)29(42)36-25-16(2)6-5-7-18(25)31/h4-9,12-14,21H,1,10-11,15H2,2-3H3,(H,35,41)(H,36,42)(H,33,34,37). The number of aromatic nitrogens is 3. The van der Waals surface area contributed by atoms with Gasteiger partial charge in [0.1, 0.15) is 10.9 Å². The third-order valence-corrected chi connectivity index (χ3v) is 8.58. The van der Waals surface area contributed by atoms with Gasteiger partial charge in [0.15, 0.2) is 22.5 Å². The number of pyridine rings is 2. The highest BCUT2D eigenvalue weighted by Crippen LogP contribution is 2.36. The predicted molar refractivity (Wildman–Crippen MR) is 170 cm³/mol. The average molecular weight is 631 g/mol. The van der Waals surface area contributed by atoms with Crippen molar-refractivity contribution in [3.8, 4) is 17.0 Å². The van der Waals surface area contributed by atoms with Gasteiger partial charge in [0.25, 0.3) is 5.91 Å². The fourth-order valence-corrected chi connectivity index (χ4v) is 6.07. The fourth-order valence-electron chi connectivity index (χ4n) is 5.09. The van der Waals surface area contributed by atoms with Crippen LogP contribution >= 0.6 is 22.9 Å². The maximum atomic E-state index is 13.0. The molecular weight excluding hydrogens is 604 g/mol. The van der Waals surface area contributed by atoms with E-state index in [-0.39, 0.29) is 24.3 Å². The Labute approximate surface area is 261 Å². The number of carbonyl (C=O) groups is 3. The van der Waals surface area contributed by atoms with Crippen LogP contribution in [0.4, 0.5) is 28.1 Å². The van der Waals surface area contributed by atoms with Crippen molar-refractivity contribution in [2.45, 2.75) is 13.0 Å². The Kier molecular flexibility index (Phi) is 7.89. The molecule has 224 valence electrons. The highest BCUT2D eigenvalue weighted by atomic mass is 35.5. The first-order valence-electron chi connectivity index (χ1n) is 13.6. The van der Waals surface area contributed by atoms with Crippen LogP contribution in [0.3, 0.4) is 0 Å². The Morgan fingerprint density at radius 1 is 1.20 bits per heavy atom. The van der Waals surface area contributed by atoms with Crippen LogP contribution in [-0.4, -0.2) is 70.4 Å². The van der Waals surface area contributed by atoms with Crippen LogP contribution in [0, 0.1) is 6.92 Å². The zero-order chi connectivity index (χ0) is 31.0. The van der Waals surface area contributed by atoms with Crippen molar-refractivity contribution >= 4 is 68.8 Å². The van der Waals surface area contributed by atoms with Gasteiger partial charge in [-0.1, -0.05) is 41.6 Å². The van der Waals surface area contributed by atoms with Crippen LogP contribution in [0.1, 0.15) is 15.2 Å². The number of hydrogen-bond donors (Lipinski definition) is 3. The maximum absolute atomic E-state index is 13.0. The Balaban J connectivity index is 1.22. The first kappa shape index (κ1) is 29.1. The summed E-state index contributed by atoms with van der Waals surface area (Å²) in [5, 5.41) is 9.81. The average Bonchev–Trinajstić information content (AvgIpc) is 3.50. The normalized spacial score (nSPS) is 15.5. The number of amides is 3. The summed E-state index contributed by atoms with van der Waals surface area (Å²) in [4.78, 5) is 55.7. The van der Waals surface area contributed by atoms with E-state index in [1.807, 2.05) is 30.0 Å². The molecule has 6 rings (SSSR count). The van der Waals surface area contributed by atoms with Crippen molar-refractivity contribution in [3.05, 3.63) is 76.9 Å². The summed E-state index contributed by atoms with van der Waals surface area (Å²) in [5.74, 6) is 0.742. The van der Waals surface area contributed by atoms with E-state index >= 15 is 0 Å². The van der Waals surface area contributed by atoms with Crippen LogP contribution in [0.2, 0.25) is 5.02 Å². The number of thiazole rings is 1. The number of rotatable bonds is 7. The number of fused-ring (bicyclic) bond motifs is 3. The summed E-state index contributed by atoms with van der Waals surface area (Å²) in [6, 6.07) is 10.2. The largest absolute Gasteiger partial charge is 0.493 e. The smallest absolute Gasteiger partial charge is 0.267 e. The van der Waals surface area contributed by atoms with E-state index in [0.29, 0.717) is 68.1 Å². The monoisotopic (exact) mass is 630 g/mol. The molecule has 2 aliphatic heterocycles. The van der Waals surface area contributed by atoms with Gasteiger partial charge in [0.2, 0.25) is 11.8 Å². The van der Waals surface area contributed by atoms with Crippen molar-refractivity contribution in [1.82, 2.24) is 19.9 Å². The van der Waals surface area contributed by atoms with Crippen molar-refractivity contribution in [1.29, 1.82) is 0 Å². The summed E-state index contributed by atoms with van der Waals surface area (Å²) in [5.41, 5.74) is 3.20. The van der Waals surface area contributed by atoms with Crippen LogP contribution in [0.15, 0.2) is 61.4 Å². The van der Waals surface area contributed by atoms with Crippen molar-refractivity contribution in [2.24, 2.45) is 0 Å². The second-order valence-electron chi connectivity index (χ2n) is 10.1. The number of nitrogens with one attached hydrogen (secondary N) is 3. The molecule has 1 saturated heterocycles. The second-order valence-corrected chi connectivity index (χ2v) is 11.5. The molecule has 3 N–H and O–H groups in total. The van der Waals surface area contributed by atoms with Crippen LogP contribution in [-0.2, 0) is 9.59 Å². The minimum absolute atomic E-state index is 0.203. The number of nitrogens with zero attached hydrogens (tertiary/aromatic N) is 5. The lowest BCUT2D eigenvalue weighted by atomic mass is 10.1. The summed E-state index contributed by atoms with van der Waals surface area (Å²) in [6.45, 7) is 6.60. The number of ether oxygens (including phenoxy) is 1. The van der Waals surface area contributed by atoms with Gasteiger partial charge in [0.05, 0.1) is 41.9 Å². The number of para-hydroxylation sites is 1. The van der Waals surface area contributed by atoms with E-state index < -0.39 is 6.04 Å². The number of benzene rings is 1. The van der Waals surface area contributed by atoms with E-state index in [9.17, 15) is 14.4 Å². The van der Waals surface area contributed by atoms with Gasteiger partial charge in [-0.15, -0.1) is 0 Å². The van der Waals surface area contributed by atoms with Gasteiger partial charge < -0.3 is 30.5 Å². The van der Waals surface area contributed by atoms with Gasteiger partial charge in [0, 0.05) is 24.8 Å². The van der Waals surface area contributed by atoms with Gasteiger partial charge in [-0.2, -0.15) is 0 Å². The predicted octanol–water partition coefficient (Wildman–Crippen LogP) is 4.72. The van der Waals surface area contributed by atoms with Crippen LogP contribution in [0.25, 0.3) is 11.3 Å². The summed E-state index contributed by atoms with van der Waals surface area (Å²) < 4.78 is 5.51. The Hall–Kier alpha value is -5.01. The van der Waals surface area contributed by atoms with E-state index in [1.165, 1.54) is 19.4 Å². The highest BCUT2D eigenvalue weighted by molar-refractivity contribution is 7.17. The lowest BCUT2D eigenvalue weighted by Gasteiger charge is -2.43. The molecule has 0 aliphatic carbocycles. The molecule has 12 nitrogen and oxygen atoms in total. The maximum Gasteiger partial charge on any atom is 0.267 e. The molecule has 4 aromatic rings. The number of halogens is 1. The number of aryl methyl sites for hydroxylation is 1. The molecule has 14 heteroatoms. The SMILES string of the molecule is C=CC(=O)N1CCN2c3ncc(-c4ccc(OC)c(Nc5ncc(C(=O)Nc6c(C)cccc6Cl)s5)n4)cc3NC(=O)C2C1. The van der Waals surface area contributed by atoms with Gasteiger partial charge >= 0.3 is 0 Å². The van der Waals surface area contributed by atoms with Crippen LogP contribution in [0.5, 0.6) is 5.75 Å². The molecule has 1 fully saturated rings. The molecule has 0 saturated carbocycles.